The van der Waals surface area contributed by atoms with E-state index in [2.05, 4.69) is 0 Å². The summed E-state index contributed by atoms with van der Waals surface area (Å²) in [5, 5.41) is 0. The standard InChI is InChI=1S/C18H18O6/c19-12-7-8-16(22)17(11-12)24-18(23)6-4-2-1-3-5-13-14(20)9-10-15(13)21/h5,9-11H,1-4,6-8H2. The Morgan fingerprint density at radius 3 is 2.42 bits per heavy atom. The first-order valence-corrected chi connectivity index (χ1v) is 7.92. The monoisotopic (exact) mass is 330 g/mol. The number of ether oxygens (including phenoxy) is 1. The molecule has 0 saturated carbocycles. The molecular formula is C18H18O6. The molecule has 0 aromatic heterocycles. The summed E-state index contributed by atoms with van der Waals surface area (Å²) in [7, 11) is 0. The molecule has 0 bridgehead atoms. The Hall–Kier alpha value is -2.63. The molecule has 0 N–H and O–H groups in total. The highest BCUT2D eigenvalue weighted by atomic mass is 16.5. The number of carbonyl (C=O) groups excluding carboxylic acids is 5. The van der Waals surface area contributed by atoms with Crippen LogP contribution in [0.2, 0.25) is 0 Å². The highest BCUT2D eigenvalue weighted by Crippen LogP contribution is 2.15. The minimum absolute atomic E-state index is 0.0823. The Morgan fingerprint density at radius 2 is 1.71 bits per heavy atom. The summed E-state index contributed by atoms with van der Waals surface area (Å²) in [6.07, 6.45) is 8.23. The Kier molecular flexibility index (Phi) is 6.12. The van der Waals surface area contributed by atoms with Crippen molar-refractivity contribution in [2.45, 2.75) is 44.9 Å². The van der Waals surface area contributed by atoms with Gasteiger partial charge in [-0.2, -0.15) is 0 Å². The van der Waals surface area contributed by atoms with Crippen LogP contribution in [0.4, 0.5) is 0 Å². The van der Waals surface area contributed by atoms with Crippen molar-refractivity contribution >= 4 is 29.1 Å². The molecule has 0 saturated heterocycles. The third-order valence-corrected chi connectivity index (χ3v) is 3.74. The number of allylic oxidation sites excluding steroid dienone is 6. The van der Waals surface area contributed by atoms with Crippen LogP contribution in [0.5, 0.6) is 0 Å². The van der Waals surface area contributed by atoms with Crippen LogP contribution in [0, 0.1) is 0 Å². The van der Waals surface area contributed by atoms with Crippen LogP contribution in [0.15, 0.2) is 35.6 Å². The molecule has 24 heavy (non-hydrogen) atoms. The summed E-state index contributed by atoms with van der Waals surface area (Å²) in [5.74, 6) is -1.75. The van der Waals surface area contributed by atoms with E-state index in [1.165, 1.54) is 12.2 Å². The molecule has 2 rings (SSSR count). The molecule has 0 aliphatic heterocycles. The van der Waals surface area contributed by atoms with Crippen LogP contribution in [-0.2, 0) is 28.7 Å². The number of rotatable bonds is 7. The van der Waals surface area contributed by atoms with Crippen molar-refractivity contribution in [1.29, 1.82) is 0 Å². The van der Waals surface area contributed by atoms with E-state index in [4.69, 9.17) is 4.74 Å². The van der Waals surface area contributed by atoms with Gasteiger partial charge in [0, 0.05) is 25.3 Å². The molecule has 0 heterocycles. The lowest BCUT2D eigenvalue weighted by Gasteiger charge is -2.10. The van der Waals surface area contributed by atoms with Gasteiger partial charge in [0.25, 0.3) is 0 Å². The van der Waals surface area contributed by atoms with E-state index < -0.39 is 5.97 Å². The van der Waals surface area contributed by atoms with Gasteiger partial charge in [0.15, 0.2) is 28.9 Å². The van der Waals surface area contributed by atoms with E-state index >= 15 is 0 Å². The lowest BCUT2D eigenvalue weighted by atomic mass is 10.0. The predicted molar refractivity (Wildman–Crippen MR) is 83.7 cm³/mol. The number of esters is 1. The minimum atomic E-state index is -0.534. The third-order valence-electron chi connectivity index (χ3n) is 3.74. The number of carbonyl (C=O) groups is 5. The first-order valence-electron chi connectivity index (χ1n) is 7.92. The van der Waals surface area contributed by atoms with Gasteiger partial charge in [0.1, 0.15) is 0 Å². The maximum Gasteiger partial charge on any atom is 0.311 e. The maximum atomic E-state index is 11.7. The van der Waals surface area contributed by atoms with Gasteiger partial charge in [-0.15, -0.1) is 0 Å². The van der Waals surface area contributed by atoms with E-state index in [9.17, 15) is 24.0 Å². The molecule has 0 aromatic rings. The molecule has 0 unspecified atom stereocenters. The van der Waals surface area contributed by atoms with E-state index in [0.29, 0.717) is 12.8 Å². The molecular weight excluding hydrogens is 312 g/mol. The topological polar surface area (TPSA) is 94.6 Å². The number of unbranched alkanes of at least 4 members (excludes halogenated alkanes) is 3. The van der Waals surface area contributed by atoms with E-state index in [1.807, 2.05) is 0 Å². The lowest BCUT2D eigenvalue weighted by molar-refractivity contribution is -0.143. The van der Waals surface area contributed by atoms with E-state index in [0.717, 1.165) is 18.9 Å². The largest absolute Gasteiger partial charge is 0.423 e. The van der Waals surface area contributed by atoms with Gasteiger partial charge < -0.3 is 4.74 Å². The number of ketones is 4. The van der Waals surface area contributed by atoms with Crippen molar-refractivity contribution in [2.24, 2.45) is 0 Å². The second-order valence-corrected chi connectivity index (χ2v) is 5.65. The van der Waals surface area contributed by atoms with Crippen LogP contribution in [-0.4, -0.2) is 29.1 Å². The van der Waals surface area contributed by atoms with Gasteiger partial charge in [0.2, 0.25) is 0 Å². The van der Waals surface area contributed by atoms with Gasteiger partial charge in [-0.25, -0.2) is 0 Å². The number of hydrogen-bond acceptors (Lipinski definition) is 6. The quantitative estimate of drug-likeness (QED) is 0.306. The maximum absolute atomic E-state index is 11.7. The molecule has 6 heteroatoms. The zero-order valence-corrected chi connectivity index (χ0v) is 13.2. The van der Waals surface area contributed by atoms with Crippen molar-refractivity contribution in [3.8, 4) is 0 Å². The lowest BCUT2D eigenvalue weighted by Crippen LogP contribution is -2.18. The Bertz CT molecular complexity index is 658. The molecule has 0 aromatic carbocycles. The summed E-state index contributed by atoms with van der Waals surface area (Å²) in [5.41, 5.74) is 0.210. The van der Waals surface area contributed by atoms with E-state index in [1.54, 1.807) is 6.08 Å². The van der Waals surface area contributed by atoms with Gasteiger partial charge in [-0.05, 0) is 31.4 Å². The molecule has 6 nitrogen and oxygen atoms in total. The summed E-state index contributed by atoms with van der Waals surface area (Å²) >= 11 is 0. The highest BCUT2D eigenvalue weighted by Gasteiger charge is 2.22. The number of hydrogen-bond donors (Lipinski definition) is 0. The van der Waals surface area contributed by atoms with Gasteiger partial charge in [-0.1, -0.05) is 12.5 Å². The summed E-state index contributed by atoms with van der Waals surface area (Å²) in [6.45, 7) is 0. The van der Waals surface area contributed by atoms with Gasteiger partial charge >= 0.3 is 5.97 Å². The molecule has 0 radical (unpaired) electrons. The van der Waals surface area contributed by atoms with Crippen LogP contribution in [0.1, 0.15) is 44.9 Å². The average molecular weight is 330 g/mol. The van der Waals surface area contributed by atoms with Crippen molar-refractivity contribution in [3.63, 3.8) is 0 Å². The SMILES string of the molecule is O=C1C=C(OC(=O)CCCCCC=C2C(=O)C=CC2=O)C(=O)CC1. The molecule has 0 amide bonds. The normalized spacial score (nSPS) is 17.3. The Labute approximate surface area is 139 Å². The zero-order chi connectivity index (χ0) is 17.5. The fourth-order valence-corrected chi connectivity index (χ4v) is 2.41. The number of Topliss-reactive ketones (excluding diaryl/α,β-unsaturated/α-hetero) is 1. The fraction of sp³-hybridized carbons (Fsp3) is 0.389. The summed E-state index contributed by atoms with van der Waals surface area (Å²) in [6, 6.07) is 0. The fourth-order valence-electron chi connectivity index (χ4n) is 2.41. The smallest absolute Gasteiger partial charge is 0.311 e. The van der Waals surface area contributed by atoms with Crippen molar-refractivity contribution in [2.75, 3.05) is 0 Å². The van der Waals surface area contributed by atoms with Gasteiger partial charge in [0.05, 0.1) is 5.57 Å². The van der Waals surface area contributed by atoms with Crippen LogP contribution < -0.4 is 0 Å². The molecule has 0 spiro atoms. The molecule has 0 atom stereocenters. The Morgan fingerprint density at radius 1 is 1.00 bits per heavy atom. The van der Waals surface area contributed by atoms with Crippen LogP contribution >= 0.6 is 0 Å². The summed E-state index contributed by atoms with van der Waals surface area (Å²) in [4.78, 5) is 57.0. The first-order chi connectivity index (χ1) is 11.5. The molecule has 2 aliphatic rings. The second-order valence-electron chi connectivity index (χ2n) is 5.65. The summed E-state index contributed by atoms with van der Waals surface area (Å²) < 4.78 is 4.93. The van der Waals surface area contributed by atoms with E-state index in [-0.39, 0.29) is 53.7 Å². The Balaban J connectivity index is 1.64. The zero-order valence-electron chi connectivity index (χ0n) is 13.2. The predicted octanol–water partition coefficient (Wildman–Crippen LogP) is 1.93. The molecule has 0 fully saturated rings. The van der Waals surface area contributed by atoms with Crippen LogP contribution in [0.3, 0.4) is 0 Å². The van der Waals surface area contributed by atoms with Crippen molar-refractivity contribution < 1.29 is 28.7 Å². The molecule has 126 valence electrons. The van der Waals surface area contributed by atoms with Crippen molar-refractivity contribution in [1.82, 2.24) is 0 Å². The first kappa shape index (κ1) is 17.7. The second kappa shape index (κ2) is 8.29. The third kappa shape index (κ3) is 4.94. The van der Waals surface area contributed by atoms with Crippen LogP contribution in [0.25, 0.3) is 0 Å². The average Bonchev–Trinajstić information content (AvgIpc) is 2.85. The van der Waals surface area contributed by atoms with Gasteiger partial charge in [-0.3, -0.25) is 24.0 Å². The highest BCUT2D eigenvalue weighted by molar-refractivity contribution is 6.33. The van der Waals surface area contributed by atoms with Crippen molar-refractivity contribution in [3.05, 3.63) is 35.6 Å². The minimum Gasteiger partial charge on any atom is -0.423 e. The molecule has 2 aliphatic carbocycles.